The van der Waals surface area contributed by atoms with Gasteiger partial charge in [0.2, 0.25) is 5.91 Å². The Morgan fingerprint density at radius 3 is 2.54 bits per heavy atom. The number of hydrogen-bond acceptors (Lipinski definition) is 7. The lowest BCUT2D eigenvalue weighted by molar-refractivity contribution is -0.125. The quantitative estimate of drug-likeness (QED) is 0.523. The molecule has 1 amide bonds. The van der Waals surface area contributed by atoms with Crippen LogP contribution in [-0.2, 0) is 9.53 Å². The van der Waals surface area contributed by atoms with Gasteiger partial charge in [-0.3, -0.25) is 9.69 Å². The summed E-state index contributed by atoms with van der Waals surface area (Å²) in [6.45, 7) is 11.0. The van der Waals surface area contributed by atoms with E-state index in [0.29, 0.717) is 0 Å². The molecule has 3 aromatic rings. The number of hydrogen-bond donors (Lipinski definition) is 1. The van der Waals surface area contributed by atoms with Crippen LogP contribution in [0.1, 0.15) is 30.7 Å². The smallest absolute Gasteiger partial charge is 0.223 e. The number of carbonyl (C=O) groups is 1. The second-order valence-electron chi connectivity index (χ2n) is 9.53. The molecule has 0 spiro atoms. The number of carbonyl (C=O) groups excluding carboxylic acids is 1. The summed E-state index contributed by atoms with van der Waals surface area (Å²) in [4.78, 5) is 17.4. The first-order valence-electron chi connectivity index (χ1n) is 12.7. The van der Waals surface area contributed by atoms with Crippen molar-refractivity contribution in [3.05, 3.63) is 41.7 Å². The van der Waals surface area contributed by atoms with E-state index in [1.807, 2.05) is 29.8 Å². The van der Waals surface area contributed by atoms with Crippen molar-refractivity contribution in [1.82, 2.24) is 30.2 Å². The zero-order valence-electron chi connectivity index (χ0n) is 20.7. The zero-order valence-corrected chi connectivity index (χ0v) is 20.7. The monoisotopic (exact) mass is 477 g/mol. The summed E-state index contributed by atoms with van der Waals surface area (Å²) in [5, 5.41) is 18.1. The van der Waals surface area contributed by atoms with Gasteiger partial charge in [0.1, 0.15) is 5.52 Å². The van der Waals surface area contributed by atoms with Crippen LogP contribution in [0.2, 0.25) is 0 Å². The average Bonchev–Trinajstić information content (AvgIpc) is 3.26. The number of nitrogens with one attached hydrogen (secondary N) is 1. The highest BCUT2D eigenvalue weighted by Crippen LogP contribution is 2.31. The Hall–Kier alpha value is -3.04. The summed E-state index contributed by atoms with van der Waals surface area (Å²) in [7, 11) is 0. The molecule has 9 nitrogen and oxygen atoms in total. The number of piperidine rings is 1. The number of morpholine rings is 1. The van der Waals surface area contributed by atoms with Gasteiger partial charge in [0.15, 0.2) is 5.82 Å². The van der Waals surface area contributed by atoms with E-state index in [1.54, 1.807) is 0 Å². The molecule has 4 heterocycles. The van der Waals surface area contributed by atoms with E-state index in [1.165, 1.54) is 0 Å². The van der Waals surface area contributed by atoms with Gasteiger partial charge in [-0.05, 0) is 51.8 Å². The summed E-state index contributed by atoms with van der Waals surface area (Å²) in [6, 6.07) is 10.2. The summed E-state index contributed by atoms with van der Waals surface area (Å²) < 4.78 is 7.37. The molecule has 5 rings (SSSR count). The van der Waals surface area contributed by atoms with Crippen molar-refractivity contribution in [2.45, 2.75) is 33.1 Å². The molecule has 9 heteroatoms. The van der Waals surface area contributed by atoms with E-state index in [9.17, 15) is 4.79 Å². The van der Waals surface area contributed by atoms with Crippen LogP contribution in [0.25, 0.3) is 16.6 Å². The Kier molecular flexibility index (Phi) is 7.24. The molecule has 2 fully saturated rings. The molecule has 186 valence electrons. The maximum Gasteiger partial charge on any atom is 0.223 e. The number of anilines is 1. The number of ether oxygens (including phenoxy) is 1. The number of benzene rings is 1. The van der Waals surface area contributed by atoms with Crippen molar-refractivity contribution < 1.29 is 9.53 Å². The zero-order chi connectivity index (χ0) is 24.2. The van der Waals surface area contributed by atoms with Crippen LogP contribution in [-0.4, -0.2) is 83.3 Å². The fraction of sp³-hybridized carbons (Fsp3) is 0.538. The molecule has 0 bridgehead atoms. The number of aryl methyl sites for hydroxylation is 2. The first-order chi connectivity index (χ1) is 17.1. The number of rotatable bonds is 7. The normalized spacial score (nSPS) is 17.7. The highest BCUT2D eigenvalue weighted by molar-refractivity contribution is 5.92. The second kappa shape index (κ2) is 10.7. The topological polar surface area (TPSA) is 88.4 Å². The lowest BCUT2D eigenvalue weighted by atomic mass is 9.95. The van der Waals surface area contributed by atoms with Gasteiger partial charge in [0, 0.05) is 38.6 Å². The van der Waals surface area contributed by atoms with Gasteiger partial charge < -0.3 is 15.0 Å². The number of fused-ring (bicyclic) bond motifs is 1. The van der Waals surface area contributed by atoms with E-state index in [4.69, 9.17) is 9.84 Å². The van der Waals surface area contributed by atoms with Crippen LogP contribution in [0.3, 0.4) is 0 Å². The summed E-state index contributed by atoms with van der Waals surface area (Å²) >= 11 is 0. The maximum atomic E-state index is 12.7. The summed E-state index contributed by atoms with van der Waals surface area (Å²) in [5.74, 6) is 1.04. The van der Waals surface area contributed by atoms with Crippen LogP contribution in [0.5, 0.6) is 0 Å². The number of aromatic nitrogens is 4. The van der Waals surface area contributed by atoms with Crippen molar-refractivity contribution >= 4 is 22.6 Å². The fourth-order valence-corrected chi connectivity index (χ4v) is 5.18. The third-order valence-corrected chi connectivity index (χ3v) is 7.20. The molecule has 0 unspecified atom stereocenters. The molecule has 0 radical (unpaired) electrons. The van der Waals surface area contributed by atoms with Crippen molar-refractivity contribution in [2.75, 3.05) is 57.4 Å². The molecule has 2 aromatic heterocycles. The number of nitrogens with zero attached hydrogens (tertiary/aromatic N) is 6. The van der Waals surface area contributed by atoms with Gasteiger partial charge >= 0.3 is 0 Å². The molecular weight excluding hydrogens is 442 g/mol. The average molecular weight is 478 g/mol. The van der Waals surface area contributed by atoms with Crippen LogP contribution < -0.4 is 10.2 Å². The minimum absolute atomic E-state index is 0.0483. The van der Waals surface area contributed by atoms with E-state index >= 15 is 0 Å². The van der Waals surface area contributed by atoms with Gasteiger partial charge in [-0.2, -0.15) is 10.2 Å². The SMILES string of the molecule is Cc1nnc(N2CCC(C(=O)NCCCN3CCOCC3)CC2)c2nn(-c3ccccc3)c(C)c12. The van der Waals surface area contributed by atoms with Crippen LogP contribution >= 0.6 is 0 Å². The van der Waals surface area contributed by atoms with Gasteiger partial charge in [0.05, 0.1) is 35.7 Å². The van der Waals surface area contributed by atoms with E-state index in [-0.39, 0.29) is 11.8 Å². The molecule has 0 saturated carbocycles. The minimum Gasteiger partial charge on any atom is -0.379 e. The molecule has 2 aliphatic heterocycles. The van der Waals surface area contributed by atoms with Crippen LogP contribution in [0.4, 0.5) is 5.82 Å². The Labute approximate surface area is 206 Å². The van der Waals surface area contributed by atoms with Crippen molar-refractivity contribution in [2.24, 2.45) is 5.92 Å². The Morgan fingerprint density at radius 2 is 1.80 bits per heavy atom. The number of para-hydroxylation sites is 1. The first kappa shape index (κ1) is 23.7. The predicted octanol–water partition coefficient (Wildman–Crippen LogP) is 2.49. The molecule has 2 saturated heterocycles. The van der Waals surface area contributed by atoms with Gasteiger partial charge in [-0.1, -0.05) is 18.2 Å². The lowest BCUT2D eigenvalue weighted by Crippen LogP contribution is -2.42. The largest absolute Gasteiger partial charge is 0.379 e. The molecule has 1 aromatic carbocycles. The highest BCUT2D eigenvalue weighted by Gasteiger charge is 2.28. The Bertz CT molecular complexity index is 1150. The number of amides is 1. The van der Waals surface area contributed by atoms with Crippen molar-refractivity contribution in [3.8, 4) is 5.69 Å². The predicted molar refractivity (Wildman–Crippen MR) is 136 cm³/mol. The van der Waals surface area contributed by atoms with E-state index < -0.39 is 0 Å². The molecule has 0 atom stereocenters. The standard InChI is InChI=1S/C26H35N7O2/c1-19-23-20(2)33(22-7-4-3-5-8-22)30-24(23)25(29-28-19)32-13-9-21(10-14-32)26(34)27-11-6-12-31-15-17-35-18-16-31/h3-5,7-8,21H,6,9-18H2,1-2H3,(H,27,34). The lowest BCUT2D eigenvalue weighted by Gasteiger charge is -2.32. The van der Waals surface area contributed by atoms with Crippen LogP contribution in [0, 0.1) is 19.8 Å². The van der Waals surface area contributed by atoms with E-state index in [0.717, 1.165) is 106 Å². The summed E-state index contributed by atoms with van der Waals surface area (Å²) in [5.41, 5.74) is 3.85. The first-order valence-corrected chi connectivity index (χ1v) is 12.7. The van der Waals surface area contributed by atoms with Gasteiger partial charge in [-0.25, -0.2) is 4.68 Å². The molecule has 0 aliphatic carbocycles. The second-order valence-corrected chi connectivity index (χ2v) is 9.53. The van der Waals surface area contributed by atoms with Crippen molar-refractivity contribution in [3.63, 3.8) is 0 Å². The molecule has 35 heavy (non-hydrogen) atoms. The molecular formula is C26H35N7O2. The molecule has 1 N–H and O–H groups in total. The van der Waals surface area contributed by atoms with Crippen molar-refractivity contribution in [1.29, 1.82) is 0 Å². The van der Waals surface area contributed by atoms with Gasteiger partial charge in [-0.15, -0.1) is 5.10 Å². The minimum atomic E-state index is 0.0483. The summed E-state index contributed by atoms with van der Waals surface area (Å²) in [6.07, 6.45) is 2.60. The Balaban J connectivity index is 1.20. The van der Waals surface area contributed by atoms with Crippen LogP contribution in [0.15, 0.2) is 30.3 Å². The van der Waals surface area contributed by atoms with Gasteiger partial charge in [0.25, 0.3) is 0 Å². The third kappa shape index (κ3) is 5.16. The molecule has 2 aliphatic rings. The third-order valence-electron chi connectivity index (χ3n) is 7.20. The maximum absolute atomic E-state index is 12.7. The fourth-order valence-electron chi connectivity index (χ4n) is 5.18. The Morgan fingerprint density at radius 1 is 1.06 bits per heavy atom. The highest BCUT2D eigenvalue weighted by atomic mass is 16.5. The van der Waals surface area contributed by atoms with E-state index in [2.05, 4.69) is 44.4 Å².